The van der Waals surface area contributed by atoms with Crippen molar-refractivity contribution in [3.63, 3.8) is 0 Å². The van der Waals surface area contributed by atoms with Gasteiger partial charge in [0.05, 0.1) is 10.6 Å². The molecule has 0 saturated heterocycles. The lowest BCUT2D eigenvalue weighted by molar-refractivity contribution is 0.0697. The van der Waals surface area contributed by atoms with Crippen LogP contribution in [0.4, 0.5) is 5.69 Å². The maximum atomic E-state index is 10.8. The normalized spacial score (nSPS) is 13.2. The molecule has 0 aliphatic heterocycles. The maximum Gasteiger partial charge on any atom is 0.337 e. The average molecular weight is 256 g/mol. The first kappa shape index (κ1) is 13.8. The van der Waals surface area contributed by atoms with E-state index in [1.165, 1.54) is 6.07 Å². The zero-order chi connectivity index (χ0) is 13.2. The second kappa shape index (κ2) is 4.96. The van der Waals surface area contributed by atoms with Gasteiger partial charge in [0.2, 0.25) is 0 Å². The topological polar surface area (TPSA) is 49.3 Å². The summed E-state index contributed by atoms with van der Waals surface area (Å²) in [6.07, 6.45) is 0. The molecule has 4 heteroatoms. The molecule has 1 atom stereocenters. The lowest BCUT2D eigenvalue weighted by atomic mass is 9.88. The fraction of sp³-hybridized carbons (Fsp3) is 0.462. The second-order valence-electron chi connectivity index (χ2n) is 5.23. The number of hydrogen-bond acceptors (Lipinski definition) is 2. The zero-order valence-corrected chi connectivity index (χ0v) is 11.3. The fourth-order valence-electron chi connectivity index (χ4n) is 1.24. The molecule has 0 amide bonds. The second-order valence-corrected chi connectivity index (χ2v) is 5.64. The molecule has 0 heterocycles. The van der Waals surface area contributed by atoms with Crippen LogP contribution < -0.4 is 5.32 Å². The molecule has 1 aromatic rings. The van der Waals surface area contributed by atoms with E-state index in [-0.39, 0.29) is 22.0 Å². The van der Waals surface area contributed by atoms with E-state index in [9.17, 15) is 4.79 Å². The Labute approximate surface area is 107 Å². The van der Waals surface area contributed by atoms with Crippen LogP contribution in [0.1, 0.15) is 38.1 Å². The minimum atomic E-state index is -1.01. The van der Waals surface area contributed by atoms with Gasteiger partial charge in [0, 0.05) is 11.7 Å². The molecule has 17 heavy (non-hydrogen) atoms. The Hall–Kier alpha value is -1.22. The van der Waals surface area contributed by atoms with Gasteiger partial charge in [0.25, 0.3) is 0 Å². The van der Waals surface area contributed by atoms with Crippen molar-refractivity contribution in [1.82, 2.24) is 0 Å². The van der Waals surface area contributed by atoms with Crippen molar-refractivity contribution in [2.45, 2.75) is 33.7 Å². The number of carbonyl (C=O) groups is 1. The van der Waals surface area contributed by atoms with Crippen LogP contribution in [0, 0.1) is 5.41 Å². The average Bonchev–Trinajstić information content (AvgIpc) is 2.15. The first-order chi connectivity index (χ1) is 7.71. The van der Waals surface area contributed by atoms with Crippen molar-refractivity contribution < 1.29 is 9.90 Å². The highest BCUT2D eigenvalue weighted by Crippen LogP contribution is 2.26. The Kier molecular flexibility index (Phi) is 4.04. The van der Waals surface area contributed by atoms with E-state index in [0.717, 1.165) is 5.69 Å². The van der Waals surface area contributed by atoms with E-state index < -0.39 is 5.97 Å². The monoisotopic (exact) mass is 255 g/mol. The Morgan fingerprint density at radius 1 is 1.41 bits per heavy atom. The number of anilines is 1. The molecule has 0 spiro atoms. The molecule has 2 N–H and O–H groups in total. The van der Waals surface area contributed by atoms with Gasteiger partial charge in [-0.3, -0.25) is 0 Å². The summed E-state index contributed by atoms with van der Waals surface area (Å²) in [5.74, 6) is -1.01. The minimum absolute atomic E-state index is 0.123. The lowest BCUT2D eigenvalue weighted by Gasteiger charge is -2.29. The third-order valence-electron chi connectivity index (χ3n) is 2.88. The van der Waals surface area contributed by atoms with Crippen molar-refractivity contribution in [2.24, 2.45) is 5.41 Å². The van der Waals surface area contributed by atoms with Crippen LogP contribution in [-0.4, -0.2) is 17.1 Å². The van der Waals surface area contributed by atoms with Gasteiger partial charge in [-0.1, -0.05) is 32.4 Å². The number of hydrogen-bond donors (Lipinski definition) is 2. The molecule has 3 nitrogen and oxygen atoms in total. The summed E-state index contributed by atoms with van der Waals surface area (Å²) < 4.78 is 0. The standard InChI is InChI=1S/C13H18ClNO2/c1-8(13(2,3)4)15-9-5-6-10(12(16)17)11(14)7-9/h5-8,15H,1-4H3,(H,16,17). The van der Waals surface area contributed by atoms with Crippen molar-refractivity contribution >= 4 is 23.3 Å². The van der Waals surface area contributed by atoms with Crippen LogP contribution >= 0.6 is 11.6 Å². The predicted molar refractivity (Wildman–Crippen MR) is 71.0 cm³/mol. The number of carboxylic acids is 1. The highest BCUT2D eigenvalue weighted by atomic mass is 35.5. The smallest absolute Gasteiger partial charge is 0.337 e. The van der Waals surface area contributed by atoms with Crippen molar-refractivity contribution in [3.05, 3.63) is 28.8 Å². The van der Waals surface area contributed by atoms with E-state index in [0.29, 0.717) is 0 Å². The van der Waals surface area contributed by atoms with Crippen molar-refractivity contribution in [2.75, 3.05) is 5.32 Å². The van der Waals surface area contributed by atoms with E-state index >= 15 is 0 Å². The molecule has 1 unspecified atom stereocenters. The molecular weight excluding hydrogens is 238 g/mol. The first-order valence-electron chi connectivity index (χ1n) is 5.51. The van der Waals surface area contributed by atoms with Crippen molar-refractivity contribution in [1.29, 1.82) is 0 Å². The Bertz CT molecular complexity index is 424. The molecule has 0 fully saturated rings. The van der Waals surface area contributed by atoms with E-state index in [1.807, 2.05) is 0 Å². The lowest BCUT2D eigenvalue weighted by Crippen LogP contribution is -2.30. The van der Waals surface area contributed by atoms with Crippen LogP contribution in [0.15, 0.2) is 18.2 Å². The number of aromatic carboxylic acids is 1. The SMILES string of the molecule is CC(Nc1ccc(C(=O)O)c(Cl)c1)C(C)(C)C. The molecule has 0 saturated carbocycles. The van der Waals surface area contributed by atoms with Crippen molar-refractivity contribution in [3.8, 4) is 0 Å². The van der Waals surface area contributed by atoms with E-state index in [4.69, 9.17) is 16.7 Å². The first-order valence-corrected chi connectivity index (χ1v) is 5.89. The summed E-state index contributed by atoms with van der Waals surface area (Å²) in [4.78, 5) is 10.8. The quantitative estimate of drug-likeness (QED) is 0.862. The third-order valence-corrected chi connectivity index (χ3v) is 3.19. The number of carboxylic acid groups (broad SMARTS) is 1. The Morgan fingerprint density at radius 2 is 2.00 bits per heavy atom. The predicted octanol–water partition coefficient (Wildman–Crippen LogP) is 3.88. The molecule has 1 aromatic carbocycles. The molecule has 0 aromatic heterocycles. The molecule has 0 bridgehead atoms. The van der Waals surface area contributed by atoms with Crippen LogP contribution in [0.2, 0.25) is 5.02 Å². The minimum Gasteiger partial charge on any atom is -0.478 e. The van der Waals surface area contributed by atoms with Crippen LogP contribution in [0.3, 0.4) is 0 Å². The molecule has 0 radical (unpaired) electrons. The highest BCUT2D eigenvalue weighted by Gasteiger charge is 2.20. The molecular formula is C13H18ClNO2. The zero-order valence-electron chi connectivity index (χ0n) is 10.5. The summed E-state index contributed by atoms with van der Waals surface area (Å²) in [6, 6.07) is 5.15. The van der Waals surface area contributed by atoms with Crippen LogP contribution in [0.25, 0.3) is 0 Å². The van der Waals surface area contributed by atoms with Crippen LogP contribution in [-0.2, 0) is 0 Å². The van der Waals surface area contributed by atoms with Gasteiger partial charge >= 0.3 is 5.97 Å². The molecule has 0 aliphatic rings. The summed E-state index contributed by atoms with van der Waals surface area (Å²) >= 11 is 5.90. The van der Waals surface area contributed by atoms with Gasteiger partial charge in [0.1, 0.15) is 0 Å². The van der Waals surface area contributed by atoms with Gasteiger partial charge in [-0.25, -0.2) is 4.79 Å². The van der Waals surface area contributed by atoms with E-state index in [1.54, 1.807) is 12.1 Å². The summed E-state index contributed by atoms with van der Waals surface area (Å²) in [6.45, 7) is 8.49. The summed E-state index contributed by atoms with van der Waals surface area (Å²) in [7, 11) is 0. The van der Waals surface area contributed by atoms with Gasteiger partial charge < -0.3 is 10.4 Å². The van der Waals surface area contributed by atoms with Crippen LogP contribution in [0.5, 0.6) is 0 Å². The largest absolute Gasteiger partial charge is 0.478 e. The molecule has 0 aliphatic carbocycles. The number of benzene rings is 1. The highest BCUT2D eigenvalue weighted by molar-refractivity contribution is 6.33. The number of nitrogens with one attached hydrogen (secondary N) is 1. The number of rotatable bonds is 3. The van der Waals surface area contributed by atoms with Gasteiger partial charge in [-0.15, -0.1) is 0 Å². The van der Waals surface area contributed by atoms with Gasteiger partial charge in [0.15, 0.2) is 0 Å². The molecule has 94 valence electrons. The fourth-order valence-corrected chi connectivity index (χ4v) is 1.51. The van der Waals surface area contributed by atoms with Gasteiger partial charge in [-0.05, 0) is 30.5 Å². The summed E-state index contributed by atoms with van der Waals surface area (Å²) in [5.41, 5.74) is 1.08. The third kappa shape index (κ3) is 3.63. The number of halogens is 1. The van der Waals surface area contributed by atoms with Gasteiger partial charge in [-0.2, -0.15) is 0 Å². The molecule has 1 rings (SSSR count). The Balaban J connectivity index is 2.88. The Morgan fingerprint density at radius 3 is 2.41 bits per heavy atom. The maximum absolute atomic E-state index is 10.8. The summed E-state index contributed by atoms with van der Waals surface area (Å²) in [5, 5.41) is 12.4. The van der Waals surface area contributed by atoms with E-state index in [2.05, 4.69) is 33.0 Å².